The van der Waals surface area contributed by atoms with E-state index in [1.807, 2.05) is 72.8 Å². The van der Waals surface area contributed by atoms with E-state index in [1.54, 1.807) is 21.3 Å². The van der Waals surface area contributed by atoms with Crippen molar-refractivity contribution in [1.29, 1.82) is 0 Å². The first-order valence-electron chi connectivity index (χ1n) is 36.7. The van der Waals surface area contributed by atoms with Gasteiger partial charge in [0.05, 0.1) is 73.2 Å². The summed E-state index contributed by atoms with van der Waals surface area (Å²) in [6.07, 6.45) is 0.409. The summed E-state index contributed by atoms with van der Waals surface area (Å²) in [5, 5.41) is 28.8. The lowest BCUT2D eigenvalue weighted by Crippen LogP contribution is -2.69. The summed E-state index contributed by atoms with van der Waals surface area (Å²) in [6.45, 7) is 32.4. The van der Waals surface area contributed by atoms with Crippen LogP contribution in [0.4, 0.5) is 0 Å². The van der Waals surface area contributed by atoms with Crippen LogP contribution in [0.25, 0.3) is 0 Å². The molecule has 3 heterocycles. The van der Waals surface area contributed by atoms with Gasteiger partial charge >= 0.3 is 5.97 Å². The number of methoxy groups -OCH3 is 3. The van der Waals surface area contributed by atoms with Crippen LogP contribution >= 0.6 is 0 Å². The van der Waals surface area contributed by atoms with Crippen LogP contribution < -0.4 is 14.2 Å². The van der Waals surface area contributed by atoms with Crippen LogP contribution in [0, 0.1) is 46.3 Å². The summed E-state index contributed by atoms with van der Waals surface area (Å²) in [5.74, 6) is 0.0448. The molecular weight excluding hydrogens is 1270 g/mol. The predicted molar refractivity (Wildman–Crippen MR) is 378 cm³/mol. The average Bonchev–Trinajstić information content (AvgIpc) is 1.67. The fourth-order valence-corrected chi connectivity index (χ4v) is 22.1. The second-order valence-corrected chi connectivity index (χ2v) is 41.3. The Morgan fingerprint density at radius 2 is 1.28 bits per heavy atom. The number of rotatable bonds is 29. The highest BCUT2D eigenvalue weighted by atomic mass is 28.4. The fraction of sp³-hybridized carbons (Fsp3) is 0.731. The number of aliphatic hydroxyl groups is 2. The molecule has 0 aromatic heterocycles. The summed E-state index contributed by atoms with van der Waals surface area (Å²) in [5.41, 5.74) is 1.87. The molecule has 0 radical (unpaired) electrons. The van der Waals surface area contributed by atoms with Crippen LogP contribution in [-0.4, -0.2) is 153 Å². The Balaban J connectivity index is 1.08. The molecule has 7 aliphatic rings. The zero-order chi connectivity index (χ0) is 69.9. The van der Waals surface area contributed by atoms with Crippen molar-refractivity contribution in [3.05, 3.63) is 101 Å². The number of carbonyl (C=O) groups is 1. The molecule has 0 spiro atoms. The summed E-state index contributed by atoms with van der Waals surface area (Å²) in [4.78, 5) is 14.3. The number of hydrogen-bond donors (Lipinski definition) is 2. The van der Waals surface area contributed by atoms with E-state index < -0.39 is 106 Å². The first-order chi connectivity index (χ1) is 46.1. The molecule has 17 nitrogen and oxygen atoms in total. The molecule has 3 aromatic rings. The number of carbonyl (C=O) groups excluding carboxylic acids is 1. The second-order valence-electron chi connectivity index (χ2n) is 31.8. The Kier molecular flexibility index (Phi) is 24.6. The summed E-state index contributed by atoms with van der Waals surface area (Å²) in [6, 6.07) is 25.7. The number of hydrogen-bond acceptors (Lipinski definition) is 17. The lowest BCUT2D eigenvalue weighted by Gasteiger charge is -2.61. The van der Waals surface area contributed by atoms with Crippen LogP contribution in [0.3, 0.4) is 0 Å². The lowest BCUT2D eigenvalue weighted by atomic mass is 9.46. The number of aliphatic hydroxyl groups excluding tert-OH is 1. The Bertz CT molecular complexity index is 3030. The van der Waals surface area contributed by atoms with Gasteiger partial charge < -0.3 is 75.9 Å². The third-order valence-corrected chi connectivity index (χ3v) is 34.4. The van der Waals surface area contributed by atoms with Crippen LogP contribution in [0.15, 0.2) is 84.4 Å². The lowest BCUT2D eigenvalue weighted by molar-refractivity contribution is -0.347. The highest BCUT2D eigenvalue weighted by molar-refractivity contribution is 6.74. The molecule has 3 aliphatic heterocycles. The van der Waals surface area contributed by atoms with Gasteiger partial charge in [0.2, 0.25) is 0 Å². The average molecular weight is 1390 g/mol. The second kappa shape index (κ2) is 31.4. The minimum atomic E-state index is -2.35. The van der Waals surface area contributed by atoms with Crippen molar-refractivity contribution in [1.82, 2.24) is 0 Å². The quantitative estimate of drug-likeness (QED) is 0.0379. The van der Waals surface area contributed by atoms with Gasteiger partial charge in [-0.25, -0.2) is 0 Å². The van der Waals surface area contributed by atoms with E-state index in [-0.39, 0.29) is 61.4 Å². The van der Waals surface area contributed by atoms with Gasteiger partial charge in [0.25, 0.3) is 0 Å². The Hall–Kier alpha value is -3.78. The zero-order valence-corrected chi connectivity index (χ0v) is 63.7. The van der Waals surface area contributed by atoms with Gasteiger partial charge in [0.15, 0.2) is 34.8 Å². The van der Waals surface area contributed by atoms with E-state index in [9.17, 15) is 9.90 Å². The van der Waals surface area contributed by atoms with Crippen molar-refractivity contribution < 1.29 is 80.7 Å². The third kappa shape index (κ3) is 15.8. The Labute approximate surface area is 582 Å². The molecule has 4 aliphatic carbocycles. The number of allylic oxidation sites excluding steroid dienone is 1. The molecule has 10 rings (SSSR count). The summed E-state index contributed by atoms with van der Waals surface area (Å²) >= 11 is 0. The van der Waals surface area contributed by atoms with Crippen molar-refractivity contribution in [2.75, 3.05) is 47.8 Å². The fourth-order valence-electron chi connectivity index (χ4n) is 18.1. The molecule has 18 atom stereocenters. The Morgan fingerprint density at radius 3 is 1.80 bits per heavy atom. The molecule has 3 saturated heterocycles. The number of fused-ring (bicyclic) bond motifs is 5. The van der Waals surface area contributed by atoms with Gasteiger partial charge in [-0.05, 0) is 170 Å². The summed E-state index contributed by atoms with van der Waals surface area (Å²) in [7, 11) is 0.531. The maximum Gasteiger partial charge on any atom is 0.303 e. The molecule has 3 saturated carbocycles. The molecule has 0 amide bonds. The molecule has 97 heavy (non-hydrogen) atoms. The summed E-state index contributed by atoms with van der Waals surface area (Å²) < 4.78 is 94.7. The molecule has 2 N–H and O–H groups in total. The minimum absolute atomic E-state index is 0.00165. The number of benzene rings is 3. The van der Waals surface area contributed by atoms with E-state index in [2.05, 4.69) is 95.3 Å². The first-order valence-corrected chi connectivity index (χ1v) is 42.1. The van der Waals surface area contributed by atoms with Crippen molar-refractivity contribution >= 4 is 22.6 Å². The molecule has 3 aromatic carbocycles. The van der Waals surface area contributed by atoms with Crippen LogP contribution in [-0.2, 0) is 76.1 Å². The minimum Gasteiger partial charge on any atom is -0.497 e. The largest absolute Gasteiger partial charge is 0.497 e. The molecule has 542 valence electrons. The maximum atomic E-state index is 15.2. The SMILES string of the molecule is CC[Si](CC)(CC)OC[C@H]1O[C@@H]([C@H]2C[C@H]3[C@@H]4CC=C5C[C@@H](O[Si](C)(C)C(C)(C)C)CC[C@]5(C)[C@H]4CC[C@]3(C)[C@@]2(O)[C@H](C)C2(CCC(C)C)OCCO2)[C@H](OC(C)=O)[C@@H](O[C@@H]2OC[C@@H](OCc3ccc(OC)cc3)[C@H](OCc3ccc(OC)cc3)[C@H]2OCc2ccc(OC)cc2)[C@H]1O. The van der Waals surface area contributed by atoms with E-state index in [4.69, 9.17) is 65.7 Å². The molecular formula is C78H120O17Si2. The van der Waals surface area contributed by atoms with Crippen molar-refractivity contribution in [2.45, 2.75) is 270 Å². The molecule has 6 fully saturated rings. The van der Waals surface area contributed by atoms with Crippen LogP contribution in [0.5, 0.6) is 17.2 Å². The Morgan fingerprint density at radius 1 is 0.722 bits per heavy atom. The van der Waals surface area contributed by atoms with E-state index in [0.717, 1.165) is 85.5 Å². The van der Waals surface area contributed by atoms with Crippen molar-refractivity contribution in [3.8, 4) is 17.2 Å². The number of ether oxygens (including phenoxy) is 12. The third-order valence-electron chi connectivity index (χ3n) is 25.3. The molecule has 0 bridgehead atoms. The van der Waals surface area contributed by atoms with Gasteiger partial charge in [-0.2, -0.15) is 0 Å². The van der Waals surface area contributed by atoms with Gasteiger partial charge in [-0.3, -0.25) is 4.79 Å². The molecule has 19 heteroatoms. The topological polar surface area (TPSA) is 187 Å². The normalized spacial score (nSPS) is 33.9. The van der Waals surface area contributed by atoms with Gasteiger partial charge in [0.1, 0.15) is 60.0 Å². The highest BCUT2D eigenvalue weighted by Gasteiger charge is 2.74. The van der Waals surface area contributed by atoms with Crippen LogP contribution in [0.1, 0.15) is 158 Å². The maximum absolute atomic E-state index is 15.2. The van der Waals surface area contributed by atoms with Gasteiger partial charge in [-0.15, -0.1) is 0 Å². The molecule has 0 unspecified atom stereocenters. The number of esters is 1. The van der Waals surface area contributed by atoms with Gasteiger partial charge in [-0.1, -0.05) is 124 Å². The first kappa shape index (κ1) is 75.9. The van der Waals surface area contributed by atoms with Crippen molar-refractivity contribution in [3.63, 3.8) is 0 Å². The standard InChI is InChI=1S/C78H120O17Si2/c1-18-97(19-2,20-3)91-49-65-67(80)70(94-73-72(87-47-55-25-32-59(84-15)33-26-55)69(86-46-54-23-30-58(83-14)31-24-54)66(48-88-73)85-45-53-21-28-57(82-13)29-22-53)71(92-52(7)79)68(93-65)64-44-63-61-34-27-56-43-60(95-96(16,17)74(8,9)10)36-38-75(56,11)62(61)37-39-76(63,12)78(64,81)51(6)77(40-35-50(4)5)89-41-42-90-77/h21-33,50-51,60-73,80-81H,18-20,34-49H2,1-17H3/t51-,60+,61-,62+,63+,64-,65-,66-,67+,68+,69+,70+,71+,72-,73+,75+,76+,78-/m1/s1. The highest BCUT2D eigenvalue weighted by Crippen LogP contribution is 2.72. The van der Waals surface area contributed by atoms with E-state index >= 15 is 5.11 Å². The van der Waals surface area contributed by atoms with Crippen LogP contribution in [0.2, 0.25) is 36.3 Å². The van der Waals surface area contributed by atoms with E-state index in [0.29, 0.717) is 49.4 Å². The van der Waals surface area contributed by atoms with Crippen molar-refractivity contribution in [2.24, 2.45) is 46.3 Å². The smallest absolute Gasteiger partial charge is 0.303 e. The monoisotopic (exact) mass is 1380 g/mol. The zero-order valence-electron chi connectivity index (χ0n) is 61.7. The van der Waals surface area contributed by atoms with Gasteiger partial charge in [0, 0.05) is 36.7 Å². The predicted octanol–water partition coefficient (Wildman–Crippen LogP) is 14.7. The van der Waals surface area contributed by atoms with E-state index in [1.165, 1.54) is 12.5 Å².